The fourth-order valence-corrected chi connectivity index (χ4v) is 2.84. The van der Waals surface area contributed by atoms with Gasteiger partial charge < -0.3 is 10.1 Å². The van der Waals surface area contributed by atoms with Crippen molar-refractivity contribution < 1.29 is 4.74 Å². The molecule has 1 N–H and O–H groups in total. The molecule has 0 amide bonds. The standard InChI is InChI=1S/C18H18ClN3O2/c1-11(2)24-15-10-12(19)9-14-16(15)17(20-3)21-18(23)22(14)13-7-5-4-6-8-13/h4-11H,1-3H3,(H,20,21,23). The maximum atomic E-state index is 12.6. The lowest BCUT2D eigenvalue weighted by molar-refractivity contribution is 0.245. The number of hydrogen-bond donors (Lipinski definition) is 1. The SMILES string of the molecule is CNc1nc(=O)n(-c2ccccc2)c2cc(Cl)cc(OC(C)C)c12. The van der Waals surface area contributed by atoms with E-state index in [4.69, 9.17) is 16.3 Å². The first-order valence-electron chi connectivity index (χ1n) is 7.67. The van der Waals surface area contributed by atoms with Gasteiger partial charge in [-0.2, -0.15) is 4.98 Å². The number of fused-ring (bicyclic) bond motifs is 1. The van der Waals surface area contributed by atoms with Gasteiger partial charge in [0.2, 0.25) is 0 Å². The van der Waals surface area contributed by atoms with Crippen LogP contribution in [0.5, 0.6) is 5.75 Å². The van der Waals surface area contributed by atoms with Gasteiger partial charge in [-0.3, -0.25) is 4.57 Å². The number of hydrogen-bond acceptors (Lipinski definition) is 4. The maximum Gasteiger partial charge on any atom is 0.354 e. The van der Waals surface area contributed by atoms with Crippen molar-refractivity contribution in [1.29, 1.82) is 0 Å². The molecule has 124 valence electrons. The zero-order valence-corrected chi connectivity index (χ0v) is 14.5. The first kappa shape index (κ1) is 16.3. The van der Waals surface area contributed by atoms with Crippen molar-refractivity contribution >= 4 is 28.3 Å². The maximum absolute atomic E-state index is 12.6. The number of para-hydroxylation sites is 1. The molecule has 0 aliphatic heterocycles. The fraction of sp³-hybridized carbons (Fsp3) is 0.222. The van der Waals surface area contributed by atoms with Crippen LogP contribution in [0.15, 0.2) is 47.3 Å². The molecule has 0 aliphatic carbocycles. The first-order chi connectivity index (χ1) is 11.5. The summed E-state index contributed by atoms with van der Waals surface area (Å²) in [6, 6.07) is 12.8. The average Bonchev–Trinajstić information content (AvgIpc) is 2.53. The molecule has 0 saturated heterocycles. The van der Waals surface area contributed by atoms with Gasteiger partial charge in [0.1, 0.15) is 11.6 Å². The van der Waals surface area contributed by atoms with Crippen LogP contribution >= 0.6 is 11.6 Å². The Kier molecular flexibility index (Phi) is 4.44. The Morgan fingerprint density at radius 2 is 1.92 bits per heavy atom. The summed E-state index contributed by atoms with van der Waals surface area (Å²) < 4.78 is 7.44. The van der Waals surface area contributed by atoms with Gasteiger partial charge in [-0.05, 0) is 38.1 Å². The molecular formula is C18H18ClN3O2. The Morgan fingerprint density at radius 3 is 2.54 bits per heavy atom. The van der Waals surface area contributed by atoms with Crippen LogP contribution in [0.25, 0.3) is 16.6 Å². The minimum atomic E-state index is -0.379. The lowest BCUT2D eigenvalue weighted by Crippen LogP contribution is -2.23. The second-order valence-corrected chi connectivity index (χ2v) is 6.07. The third-order valence-electron chi connectivity index (χ3n) is 3.54. The van der Waals surface area contributed by atoms with E-state index in [9.17, 15) is 4.79 Å². The molecule has 0 fully saturated rings. The predicted octanol–water partition coefficient (Wildman–Crippen LogP) is 3.87. The molecular weight excluding hydrogens is 326 g/mol. The van der Waals surface area contributed by atoms with Crippen LogP contribution in [-0.2, 0) is 0 Å². The van der Waals surface area contributed by atoms with Crippen LogP contribution in [0.2, 0.25) is 5.02 Å². The normalized spacial score (nSPS) is 11.0. The molecule has 3 aromatic rings. The summed E-state index contributed by atoms with van der Waals surface area (Å²) >= 11 is 6.28. The summed E-state index contributed by atoms with van der Waals surface area (Å²) in [6.45, 7) is 3.87. The van der Waals surface area contributed by atoms with Crippen LogP contribution in [-0.4, -0.2) is 22.7 Å². The highest BCUT2D eigenvalue weighted by molar-refractivity contribution is 6.31. The number of benzene rings is 2. The molecule has 0 unspecified atom stereocenters. The highest BCUT2D eigenvalue weighted by Gasteiger charge is 2.17. The zero-order chi connectivity index (χ0) is 17.3. The highest BCUT2D eigenvalue weighted by atomic mass is 35.5. The molecule has 1 aromatic heterocycles. The van der Waals surface area contributed by atoms with Crippen molar-refractivity contribution in [3.8, 4) is 11.4 Å². The molecule has 0 saturated carbocycles. The largest absolute Gasteiger partial charge is 0.490 e. The third kappa shape index (κ3) is 2.95. The number of nitrogens with zero attached hydrogens (tertiary/aromatic N) is 2. The number of anilines is 1. The van der Waals surface area contributed by atoms with Crippen LogP contribution < -0.4 is 15.7 Å². The fourth-order valence-electron chi connectivity index (χ4n) is 2.64. The highest BCUT2D eigenvalue weighted by Crippen LogP contribution is 2.34. The second-order valence-electron chi connectivity index (χ2n) is 5.63. The van der Waals surface area contributed by atoms with E-state index in [0.717, 1.165) is 11.1 Å². The molecule has 0 atom stereocenters. The molecule has 0 spiro atoms. The van der Waals surface area contributed by atoms with Crippen molar-refractivity contribution in [2.45, 2.75) is 20.0 Å². The van der Waals surface area contributed by atoms with E-state index < -0.39 is 0 Å². The van der Waals surface area contributed by atoms with Crippen LogP contribution in [0.3, 0.4) is 0 Å². The molecule has 0 bridgehead atoms. The Morgan fingerprint density at radius 1 is 1.21 bits per heavy atom. The average molecular weight is 344 g/mol. The first-order valence-corrected chi connectivity index (χ1v) is 8.05. The minimum Gasteiger partial charge on any atom is -0.490 e. The number of rotatable bonds is 4. The summed E-state index contributed by atoms with van der Waals surface area (Å²) in [7, 11) is 1.72. The smallest absolute Gasteiger partial charge is 0.354 e. The molecule has 0 radical (unpaired) electrons. The monoisotopic (exact) mass is 343 g/mol. The van der Waals surface area contributed by atoms with E-state index in [-0.39, 0.29) is 11.8 Å². The van der Waals surface area contributed by atoms with E-state index >= 15 is 0 Å². The van der Waals surface area contributed by atoms with E-state index in [2.05, 4.69) is 10.3 Å². The van der Waals surface area contributed by atoms with E-state index in [1.165, 1.54) is 4.57 Å². The topological polar surface area (TPSA) is 56.2 Å². The molecule has 3 rings (SSSR count). The van der Waals surface area contributed by atoms with Gasteiger partial charge in [0.05, 0.1) is 22.7 Å². The van der Waals surface area contributed by atoms with Crippen molar-refractivity contribution in [2.24, 2.45) is 0 Å². The number of halogens is 1. The summed E-state index contributed by atoms with van der Waals surface area (Å²) in [4.78, 5) is 16.8. The van der Waals surface area contributed by atoms with Crippen molar-refractivity contribution in [1.82, 2.24) is 9.55 Å². The van der Waals surface area contributed by atoms with Gasteiger partial charge in [0.15, 0.2) is 0 Å². The van der Waals surface area contributed by atoms with E-state index in [0.29, 0.717) is 22.1 Å². The van der Waals surface area contributed by atoms with Crippen LogP contribution in [0, 0.1) is 0 Å². The molecule has 5 nitrogen and oxygen atoms in total. The molecule has 6 heteroatoms. The summed E-state index contributed by atoms with van der Waals surface area (Å²) in [5, 5.41) is 4.19. The van der Waals surface area contributed by atoms with Gasteiger partial charge in [-0.15, -0.1) is 0 Å². The van der Waals surface area contributed by atoms with E-state index in [1.54, 1.807) is 19.2 Å². The molecule has 24 heavy (non-hydrogen) atoms. The van der Waals surface area contributed by atoms with Crippen LogP contribution in [0.4, 0.5) is 5.82 Å². The van der Waals surface area contributed by atoms with Gasteiger partial charge >= 0.3 is 5.69 Å². The second kappa shape index (κ2) is 6.53. The molecule has 2 aromatic carbocycles. The Hall–Kier alpha value is -2.53. The third-order valence-corrected chi connectivity index (χ3v) is 3.75. The van der Waals surface area contributed by atoms with Gasteiger partial charge in [-0.25, -0.2) is 4.79 Å². The lowest BCUT2D eigenvalue weighted by Gasteiger charge is -2.18. The minimum absolute atomic E-state index is 0.0338. The summed E-state index contributed by atoms with van der Waals surface area (Å²) in [6.07, 6.45) is -0.0338. The number of ether oxygens (including phenoxy) is 1. The van der Waals surface area contributed by atoms with Gasteiger partial charge in [0.25, 0.3) is 0 Å². The quantitative estimate of drug-likeness (QED) is 0.781. The number of aromatic nitrogens is 2. The molecule has 0 aliphatic rings. The van der Waals surface area contributed by atoms with Crippen molar-refractivity contribution in [3.63, 3.8) is 0 Å². The zero-order valence-electron chi connectivity index (χ0n) is 13.7. The van der Waals surface area contributed by atoms with E-state index in [1.807, 2.05) is 44.2 Å². The lowest BCUT2D eigenvalue weighted by atomic mass is 10.2. The van der Waals surface area contributed by atoms with Crippen LogP contribution in [0.1, 0.15) is 13.8 Å². The Balaban J connectivity index is 2.44. The summed E-state index contributed by atoms with van der Waals surface area (Å²) in [5.41, 5.74) is 0.991. The van der Waals surface area contributed by atoms with Crippen molar-refractivity contribution in [3.05, 3.63) is 58.0 Å². The van der Waals surface area contributed by atoms with Crippen molar-refractivity contribution in [2.75, 3.05) is 12.4 Å². The Bertz CT molecular complexity index is 936. The number of nitrogens with one attached hydrogen (secondary N) is 1. The van der Waals surface area contributed by atoms with Gasteiger partial charge in [-0.1, -0.05) is 29.8 Å². The molecule has 1 heterocycles. The van der Waals surface area contributed by atoms with Gasteiger partial charge in [0, 0.05) is 12.1 Å². The predicted molar refractivity (Wildman–Crippen MR) is 97.7 cm³/mol. The Labute approximate surface area is 144 Å². The summed E-state index contributed by atoms with van der Waals surface area (Å²) in [5.74, 6) is 1.06.